The average molecular weight is 428 g/mol. The number of aryl methyl sites for hydroxylation is 1. The number of hydrogen-bond acceptors (Lipinski definition) is 5. The SMILES string of the molecule is CCCN1C(=O)CCc2c(C)nc(C3CCN(C(=O)CN4CCCC[C@@H]4C)CC3)nc21. The number of nitrogens with zero attached hydrogens (tertiary/aromatic N) is 5. The van der Waals surface area contributed by atoms with E-state index < -0.39 is 0 Å². The molecular formula is C24H37N5O2. The van der Waals surface area contributed by atoms with Gasteiger partial charge in [0.15, 0.2) is 0 Å². The molecule has 0 aliphatic carbocycles. The van der Waals surface area contributed by atoms with E-state index in [9.17, 15) is 9.59 Å². The second-order valence-electron chi connectivity index (χ2n) is 9.49. The number of anilines is 1. The molecule has 2 amide bonds. The normalized spacial score (nSPS) is 23.2. The Morgan fingerprint density at radius 1 is 1.06 bits per heavy atom. The van der Waals surface area contributed by atoms with Crippen molar-refractivity contribution in [1.29, 1.82) is 0 Å². The van der Waals surface area contributed by atoms with Crippen LogP contribution in [-0.4, -0.2) is 70.3 Å². The second-order valence-corrected chi connectivity index (χ2v) is 9.49. The third kappa shape index (κ3) is 4.76. The van der Waals surface area contributed by atoms with Crippen LogP contribution in [0.2, 0.25) is 0 Å². The van der Waals surface area contributed by atoms with Crippen molar-refractivity contribution in [1.82, 2.24) is 19.8 Å². The standard InChI is InChI=1S/C24H37N5O2/c1-4-12-29-21(30)9-8-20-18(3)25-23(26-24(20)29)19-10-14-27(15-11-19)22(31)16-28-13-6-5-7-17(28)2/h17,19H,4-16H2,1-3H3/t17-/m0/s1. The minimum atomic E-state index is 0.172. The second kappa shape index (κ2) is 9.63. The molecule has 4 heterocycles. The fourth-order valence-corrected chi connectivity index (χ4v) is 5.29. The number of aromatic nitrogens is 2. The molecule has 0 bridgehead atoms. The van der Waals surface area contributed by atoms with Gasteiger partial charge in [-0.15, -0.1) is 0 Å². The van der Waals surface area contributed by atoms with E-state index in [1.807, 2.05) is 16.7 Å². The number of hydrogen-bond donors (Lipinski definition) is 0. The summed E-state index contributed by atoms with van der Waals surface area (Å²) in [7, 11) is 0. The lowest BCUT2D eigenvalue weighted by molar-refractivity contribution is -0.134. The van der Waals surface area contributed by atoms with Crippen LogP contribution in [0.5, 0.6) is 0 Å². The molecular weight excluding hydrogens is 390 g/mol. The van der Waals surface area contributed by atoms with Gasteiger partial charge in [-0.1, -0.05) is 13.3 Å². The molecule has 2 fully saturated rings. The first-order valence-corrected chi connectivity index (χ1v) is 12.2. The largest absolute Gasteiger partial charge is 0.342 e. The summed E-state index contributed by atoms with van der Waals surface area (Å²) in [5, 5.41) is 0. The molecule has 0 spiro atoms. The van der Waals surface area contributed by atoms with Gasteiger partial charge in [0.05, 0.1) is 6.54 Å². The van der Waals surface area contributed by atoms with Gasteiger partial charge in [-0.05, 0) is 58.9 Å². The van der Waals surface area contributed by atoms with Crippen molar-refractivity contribution < 1.29 is 9.59 Å². The van der Waals surface area contributed by atoms with Crippen LogP contribution in [0.1, 0.15) is 81.8 Å². The maximum Gasteiger partial charge on any atom is 0.236 e. The summed E-state index contributed by atoms with van der Waals surface area (Å²) < 4.78 is 0. The highest BCUT2D eigenvalue weighted by atomic mass is 16.2. The van der Waals surface area contributed by atoms with E-state index in [2.05, 4.69) is 18.7 Å². The van der Waals surface area contributed by atoms with Gasteiger partial charge in [-0.3, -0.25) is 19.4 Å². The van der Waals surface area contributed by atoms with E-state index in [1.54, 1.807) is 0 Å². The van der Waals surface area contributed by atoms with Crippen LogP contribution >= 0.6 is 0 Å². The van der Waals surface area contributed by atoms with Gasteiger partial charge in [0, 0.05) is 49.3 Å². The van der Waals surface area contributed by atoms with Gasteiger partial charge in [0.2, 0.25) is 11.8 Å². The highest BCUT2D eigenvalue weighted by Gasteiger charge is 2.31. The van der Waals surface area contributed by atoms with Crippen molar-refractivity contribution >= 4 is 17.6 Å². The van der Waals surface area contributed by atoms with E-state index in [0.717, 1.165) is 68.2 Å². The topological polar surface area (TPSA) is 69.6 Å². The Labute approximate surface area is 186 Å². The highest BCUT2D eigenvalue weighted by Crippen LogP contribution is 2.32. The van der Waals surface area contributed by atoms with Crippen LogP contribution in [-0.2, 0) is 16.0 Å². The van der Waals surface area contributed by atoms with Crippen molar-refractivity contribution in [3.63, 3.8) is 0 Å². The van der Waals surface area contributed by atoms with E-state index in [-0.39, 0.29) is 17.7 Å². The molecule has 7 nitrogen and oxygen atoms in total. The highest BCUT2D eigenvalue weighted by molar-refractivity contribution is 5.95. The quantitative estimate of drug-likeness (QED) is 0.722. The van der Waals surface area contributed by atoms with E-state index in [0.29, 0.717) is 25.6 Å². The van der Waals surface area contributed by atoms with Crippen LogP contribution < -0.4 is 4.90 Å². The first kappa shape index (κ1) is 22.2. The Kier molecular flexibility index (Phi) is 6.89. The molecule has 0 unspecified atom stereocenters. The van der Waals surface area contributed by atoms with E-state index in [1.165, 1.54) is 19.3 Å². The van der Waals surface area contributed by atoms with Crippen LogP contribution in [0.3, 0.4) is 0 Å². The monoisotopic (exact) mass is 427 g/mol. The number of rotatable bonds is 5. The number of amides is 2. The fraction of sp³-hybridized carbons (Fsp3) is 0.750. The molecule has 0 aromatic carbocycles. The van der Waals surface area contributed by atoms with Crippen molar-refractivity contribution in [2.75, 3.05) is 37.6 Å². The first-order chi connectivity index (χ1) is 15.0. The number of likely N-dealkylation sites (tertiary alicyclic amines) is 2. The zero-order chi connectivity index (χ0) is 22.0. The molecule has 170 valence electrons. The van der Waals surface area contributed by atoms with Gasteiger partial charge < -0.3 is 4.90 Å². The smallest absolute Gasteiger partial charge is 0.236 e. The third-order valence-corrected chi connectivity index (χ3v) is 7.29. The van der Waals surface area contributed by atoms with Gasteiger partial charge >= 0.3 is 0 Å². The summed E-state index contributed by atoms with van der Waals surface area (Å²) in [5.41, 5.74) is 2.13. The summed E-state index contributed by atoms with van der Waals surface area (Å²) in [5.74, 6) is 2.37. The molecule has 1 atom stereocenters. The third-order valence-electron chi connectivity index (χ3n) is 7.29. The van der Waals surface area contributed by atoms with Crippen molar-refractivity contribution in [2.45, 2.75) is 84.1 Å². The zero-order valence-corrected chi connectivity index (χ0v) is 19.4. The Bertz CT molecular complexity index is 818. The Hall–Kier alpha value is -2.02. The average Bonchev–Trinajstić information content (AvgIpc) is 2.77. The molecule has 2 saturated heterocycles. The predicted octanol–water partition coefficient (Wildman–Crippen LogP) is 3.05. The minimum Gasteiger partial charge on any atom is -0.342 e. The first-order valence-electron chi connectivity index (χ1n) is 12.2. The predicted molar refractivity (Wildman–Crippen MR) is 121 cm³/mol. The van der Waals surface area contributed by atoms with Crippen LogP contribution in [0.4, 0.5) is 5.82 Å². The number of piperidine rings is 2. The van der Waals surface area contributed by atoms with Gasteiger partial charge in [0.25, 0.3) is 0 Å². The molecule has 3 aliphatic rings. The summed E-state index contributed by atoms with van der Waals surface area (Å²) in [6.45, 7) is 10.2. The number of fused-ring (bicyclic) bond motifs is 1. The van der Waals surface area contributed by atoms with Crippen LogP contribution in [0.15, 0.2) is 0 Å². The maximum absolute atomic E-state index is 12.9. The summed E-state index contributed by atoms with van der Waals surface area (Å²) in [6.07, 6.45) is 7.66. The molecule has 3 aliphatic heterocycles. The van der Waals surface area contributed by atoms with Crippen LogP contribution in [0, 0.1) is 6.92 Å². The summed E-state index contributed by atoms with van der Waals surface area (Å²) in [4.78, 5) is 41.3. The van der Waals surface area contributed by atoms with E-state index >= 15 is 0 Å². The van der Waals surface area contributed by atoms with Gasteiger partial charge in [0.1, 0.15) is 11.6 Å². The number of carbonyl (C=O) groups excluding carboxylic acids is 2. The Morgan fingerprint density at radius 3 is 2.55 bits per heavy atom. The van der Waals surface area contributed by atoms with Crippen LogP contribution in [0.25, 0.3) is 0 Å². The Morgan fingerprint density at radius 2 is 1.84 bits per heavy atom. The van der Waals surface area contributed by atoms with Gasteiger partial charge in [-0.2, -0.15) is 0 Å². The molecule has 31 heavy (non-hydrogen) atoms. The molecule has 0 radical (unpaired) electrons. The zero-order valence-electron chi connectivity index (χ0n) is 19.4. The van der Waals surface area contributed by atoms with Gasteiger partial charge in [-0.25, -0.2) is 9.97 Å². The van der Waals surface area contributed by atoms with Crippen molar-refractivity contribution in [3.8, 4) is 0 Å². The lowest BCUT2D eigenvalue weighted by Crippen LogP contribution is -2.47. The lowest BCUT2D eigenvalue weighted by atomic mass is 9.94. The lowest BCUT2D eigenvalue weighted by Gasteiger charge is -2.37. The molecule has 0 saturated carbocycles. The van der Waals surface area contributed by atoms with Crippen molar-refractivity contribution in [2.24, 2.45) is 0 Å². The number of carbonyl (C=O) groups is 2. The maximum atomic E-state index is 12.9. The van der Waals surface area contributed by atoms with E-state index in [4.69, 9.17) is 9.97 Å². The summed E-state index contributed by atoms with van der Waals surface area (Å²) >= 11 is 0. The molecule has 4 rings (SSSR count). The minimum absolute atomic E-state index is 0.172. The summed E-state index contributed by atoms with van der Waals surface area (Å²) in [6, 6.07) is 0.510. The molecule has 7 heteroatoms. The fourth-order valence-electron chi connectivity index (χ4n) is 5.29. The Balaban J connectivity index is 1.41. The molecule has 1 aromatic rings. The molecule has 0 N–H and O–H groups in total. The van der Waals surface area contributed by atoms with Crippen molar-refractivity contribution in [3.05, 3.63) is 17.1 Å². The molecule has 1 aromatic heterocycles.